The molecule has 1 aliphatic heterocycles. The first-order valence-electron chi connectivity index (χ1n) is 8.88. The number of aliphatic hydroxyl groups excluding tert-OH is 1. The Morgan fingerprint density at radius 3 is 2.58 bits per heavy atom. The van der Waals surface area contributed by atoms with Crippen LogP contribution < -0.4 is 4.74 Å². The highest BCUT2D eigenvalue weighted by Gasteiger charge is 2.20. The molecule has 1 saturated heterocycles. The lowest BCUT2D eigenvalue weighted by atomic mass is 10.1. The van der Waals surface area contributed by atoms with Gasteiger partial charge in [-0.1, -0.05) is 25.1 Å². The number of para-hydroxylation sites is 1. The van der Waals surface area contributed by atoms with E-state index in [0.29, 0.717) is 19.6 Å². The third-order valence-corrected chi connectivity index (χ3v) is 4.54. The fraction of sp³-hybridized carbons (Fsp3) is 0.632. The average Bonchev–Trinajstić information content (AvgIpc) is 2.79. The number of β-amino-alcohol motifs (C(OH)–C–C–N with tert-alkyl or cyclic N) is 1. The fourth-order valence-electron chi connectivity index (χ4n) is 3.18. The van der Waals surface area contributed by atoms with Crippen LogP contribution >= 0.6 is 0 Å². The monoisotopic (exact) mass is 334 g/mol. The number of nitrogens with zero attached hydrogens (tertiary/aromatic N) is 2. The Kier molecular flexibility index (Phi) is 7.06. The van der Waals surface area contributed by atoms with E-state index >= 15 is 0 Å². The number of hydrogen-bond donors (Lipinski definition) is 1. The van der Waals surface area contributed by atoms with Crippen molar-refractivity contribution in [3.8, 4) is 5.75 Å². The first kappa shape index (κ1) is 18.7. The third-order valence-electron chi connectivity index (χ3n) is 4.54. The van der Waals surface area contributed by atoms with Crippen LogP contribution in [0.15, 0.2) is 18.2 Å². The SMILES string of the molecule is CCC(=O)N1CCCN(CC(O)COc2c(C)cccc2C)CC1. The molecule has 1 aromatic rings. The van der Waals surface area contributed by atoms with Crippen LogP contribution in [0.25, 0.3) is 0 Å². The van der Waals surface area contributed by atoms with Gasteiger partial charge in [0.2, 0.25) is 5.91 Å². The topological polar surface area (TPSA) is 53.0 Å². The quantitative estimate of drug-likeness (QED) is 0.864. The van der Waals surface area contributed by atoms with Crippen molar-refractivity contribution in [2.75, 3.05) is 39.3 Å². The van der Waals surface area contributed by atoms with Crippen molar-refractivity contribution in [2.45, 2.75) is 39.7 Å². The van der Waals surface area contributed by atoms with Crippen molar-refractivity contribution in [1.29, 1.82) is 0 Å². The maximum atomic E-state index is 11.8. The number of benzene rings is 1. The molecule has 5 nitrogen and oxygen atoms in total. The summed E-state index contributed by atoms with van der Waals surface area (Å²) in [4.78, 5) is 16.0. The van der Waals surface area contributed by atoms with Crippen LogP contribution in [0.1, 0.15) is 30.9 Å². The minimum absolute atomic E-state index is 0.218. The molecule has 2 rings (SSSR count). The van der Waals surface area contributed by atoms with Crippen LogP contribution in [0.3, 0.4) is 0 Å². The first-order chi connectivity index (χ1) is 11.5. The Labute approximate surface area is 145 Å². The number of aliphatic hydroxyl groups is 1. The number of carbonyl (C=O) groups is 1. The lowest BCUT2D eigenvalue weighted by Gasteiger charge is -2.24. The number of ether oxygens (including phenoxy) is 1. The van der Waals surface area contributed by atoms with E-state index in [1.165, 1.54) is 0 Å². The van der Waals surface area contributed by atoms with Crippen molar-refractivity contribution in [1.82, 2.24) is 9.80 Å². The lowest BCUT2D eigenvalue weighted by molar-refractivity contribution is -0.130. The molecule has 1 amide bonds. The van der Waals surface area contributed by atoms with Gasteiger partial charge < -0.3 is 14.7 Å². The van der Waals surface area contributed by atoms with Gasteiger partial charge in [-0.05, 0) is 37.9 Å². The number of carbonyl (C=O) groups excluding carboxylic acids is 1. The molecule has 0 aromatic heterocycles. The Bertz CT molecular complexity index is 527. The van der Waals surface area contributed by atoms with Gasteiger partial charge in [0.05, 0.1) is 0 Å². The molecule has 1 N–H and O–H groups in total. The van der Waals surface area contributed by atoms with Crippen LogP contribution in [0.5, 0.6) is 5.75 Å². The molecule has 134 valence electrons. The maximum absolute atomic E-state index is 11.8. The second kappa shape index (κ2) is 9.04. The van der Waals surface area contributed by atoms with Gasteiger partial charge in [-0.2, -0.15) is 0 Å². The van der Waals surface area contributed by atoms with E-state index in [1.54, 1.807) is 0 Å². The van der Waals surface area contributed by atoms with E-state index in [2.05, 4.69) is 4.90 Å². The summed E-state index contributed by atoms with van der Waals surface area (Å²) in [5.41, 5.74) is 2.18. The second-order valence-corrected chi connectivity index (χ2v) is 6.57. The Morgan fingerprint density at radius 2 is 1.92 bits per heavy atom. The summed E-state index contributed by atoms with van der Waals surface area (Å²) in [7, 11) is 0. The highest BCUT2D eigenvalue weighted by molar-refractivity contribution is 5.75. The van der Waals surface area contributed by atoms with E-state index in [4.69, 9.17) is 4.74 Å². The van der Waals surface area contributed by atoms with Gasteiger partial charge in [0, 0.05) is 32.6 Å². The molecule has 1 aromatic carbocycles. The van der Waals surface area contributed by atoms with E-state index in [9.17, 15) is 9.90 Å². The zero-order valence-corrected chi connectivity index (χ0v) is 15.1. The van der Waals surface area contributed by atoms with Gasteiger partial charge in [0.1, 0.15) is 18.5 Å². The molecule has 24 heavy (non-hydrogen) atoms. The molecule has 1 unspecified atom stereocenters. The molecule has 0 bridgehead atoms. The predicted molar refractivity (Wildman–Crippen MR) is 95.3 cm³/mol. The normalized spacial score (nSPS) is 17.4. The van der Waals surface area contributed by atoms with Crippen molar-refractivity contribution < 1.29 is 14.6 Å². The lowest BCUT2D eigenvalue weighted by Crippen LogP contribution is -2.39. The van der Waals surface area contributed by atoms with E-state index < -0.39 is 6.10 Å². The van der Waals surface area contributed by atoms with Crippen LogP contribution in [0, 0.1) is 13.8 Å². The maximum Gasteiger partial charge on any atom is 0.222 e. The molecule has 0 spiro atoms. The zero-order valence-electron chi connectivity index (χ0n) is 15.1. The molecule has 0 radical (unpaired) electrons. The van der Waals surface area contributed by atoms with Crippen LogP contribution in [-0.2, 0) is 4.79 Å². The van der Waals surface area contributed by atoms with Crippen LogP contribution in [0.4, 0.5) is 0 Å². The smallest absolute Gasteiger partial charge is 0.222 e. The zero-order chi connectivity index (χ0) is 17.5. The van der Waals surface area contributed by atoms with Crippen LogP contribution in [0.2, 0.25) is 0 Å². The minimum Gasteiger partial charge on any atom is -0.490 e. The highest BCUT2D eigenvalue weighted by atomic mass is 16.5. The highest BCUT2D eigenvalue weighted by Crippen LogP contribution is 2.22. The summed E-state index contributed by atoms with van der Waals surface area (Å²) in [5.74, 6) is 1.09. The Hall–Kier alpha value is -1.59. The van der Waals surface area contributed by atoms with E-state index in [0.717, 1.165) is 49.5 Å². The molecular formula is C19H30N2O3. The number of hydrogen-bond acceptors (Lipinski definition) is 4. The summed E-state index contributed by atoms with van der Waals surface area (Å²) >= 11 is 0. The van der Waals surface area contributed by atoms with Gasteiger partial charge in [0.15, 0.2) is 0 Å². The molecule has 1 heterocycles. The largest absolute Gasteiger partial charge is 0.490 e. The molecule has 1 atom stereocenters. The van der Waals surface area contributed by atoms with Crippen LogP contribution in [-0.4, -0.2) is 66.2 Å². The second-order valence-electron chi connectivity index (χ2n) is 6.57. The van der Waals surface area contributed by atoms with Crippen molar-refractivity contribution in [3.63, 3.8) is 0 Å². The Balaban J connectivity index is 1.80. The Morgan fingerprint density at radius 1 is 1.21 bits per heavy atom. The standard InChI is InChI=1S/C19H30N2O3/c1-4-18(23)21-10-6-9-20(11-12-21)13-17(22)14-24-19-15(2)7-5-8-16(19)3/h5,7-8,17,22H,4,6,9-14H2,1-3H3. The molecular weight excluding hydrogens is 304 g/mol. The fourth-order valence-corrected chi connectivity index (χ4v) is 3.18. The first-order valence-corrected chi connectivity index (χ1v) is 8.88. The van der Waals surface area contributed by atoms with Gasteiger partial charge >= 0.3 is 0 Å². The summed E-state index contributed by atoms with van der Waals surface area (Å²) in [6, 6.07) is 6.04. The summed E-state index contributed by atoms with van der Waals surface area (Å²) < 4.78 is 5.84. The predicted octanol–water partition coefficient (Wildman–Crippen LogP) is 1.99. The number of aryl methyl sites for hydroxylation is 2. The molecule has 1 fully saturated rings. The number of rotatable bonds is 6. The molecule has 0 saturated carbocycles. The minimum atomic E-state index is -0.530. The number of amides is 1. The van der Waals surface area contributed by atoms with Gasteiger partial charge in [-0.15, -0.1) is 0 Å². The molecule has 1 aliphatic rings. The third kappa shape index (κ3) is 5.21. The average molecular weight is 334 g/mol. The summed E-state index contributed by atoms with van der Waals surface area (Å²) in [6.07, 6.45) is 0.986. The van der Waals surface area contributed by atoms with Gasteiger partial charge in [0.25, 0.3) is 0 Å². The van der Waals surface area contributed by atoms with Crippen molar-refractivity contribution in [2.24, 2.45) is 0 Å². The molecule has 5 heteroatoms. The van der Waals surface area contributed by atoms with E-state index in [1.807, 2.05) is 43.9 Å². The summed E-state index contributed by atoms with van der Waals surface area (Å²) in [6.45, 7) is 10.1. The molecule has 0 aliphatic carbocycles. The van der Waals surface area contributed by atoms with E-state index in [-0.39, 0.29) is 5.91 Å². The van der Waals surface area contributed by atoms with Crippen molar-refractivity contribution in [3.05, 3.63) is 29.3 Å². The summed E-state index contributed by atoms with van der Waals surface area (Å²) in [5, 5.41) is 10.3. The van der Waals surface area contributed by atoms with Gasteiger partial charge in [-0.25, -0.2) is 0 Å². The van der Waals surface area contributed by atoms with Gasteiger partial charge in [-0.3, -0.25) is 9.69 Å². The van der Waals surface area contributed by atoms with Crippen molar-refractivity contribution >= 4 is 5.91 Å².